The van der Waals surface area contributed by atoms with Gasteiger partial charge in [-0.2, -0.15) is 12.4 Å². The molecule has 0 atom stereocenters. The molecule has 0 saturated heterocycles. The van der Waals surface area contributed by atoms with Crippen molar-refractivity contribution >= 4 is 43.3 Å². The van der Waals surface area contributed by atoms with Gasteiger partial charge in [-0.25, -0.2) is 0 Å². The van der Waals surface area contributed by atoms with E-state index in [4.69, 9.17) is 7.57 Å². The normalized spacial score (nSPS) is 12.7. The highest BCUT2D eigenvalue weighted by molar-refractivity contribution is 8.05. The molecule has 1 heterocycles. The summed E-state index contributed by atoms with van der Waals surface area (Å²) in [5, 5.41) is 13.1. The first-order valence-electron chi connectivity index (χ1n) is 9.13. The number of hydrogen-bond acceptors (Lipinski definition) is 3. The number of H-pyrrole nitrogens is 1. The molecule has 7 heteroatoms. The van der Waals surface area contributed by atoms with Crippen LogP contribution in [0.5, 0.6) is 0 Å². The van der Waals surface area contributed by atoms with E-state index in [1.54, 1.807) is 0 Å². The standard InChI is InChI=1S/C20H25BN3OP2/c1-15(2)26(21,16(3)4)19-20(23-24-22-19)27(25,17-11-7-5-8-12-17)18-13-9-6-10-14-18/h5-16H,1-4H3,(H,22,23,24). The molecule has 0 fully saturated rings. The average molecular weight is 396 g/mol. The van der Waals surface area contributed by atoms with Gasteiger partial charge in [0.2, 0.25) is 0 Å². The molecule has 27 heavy (non-hydrogen) atoms. The van der Waals surface area contributed by atoms with Gasteiger partial charge in [0.05, 0.1) is 0 Å². The molecule has 1 aromatic heterocycles. The van der Waals surface area contributed by atoms with Crippen molar-refractivity contribution in [2.75, 3.05) is 0 Å². The van der Waals surface area contributed by atoms with Crippen molar-refractivity contribution < 1.29 is 4.57 Å². The van der Waals surface area contributed by atoms with Crippen molar-refractivity contribution in [3.8, 4) is 0 Å². The van der Waals surface area contributed by atoms with E-state index in [0.29, 0.717) is 10.9 Å². The predicted octanol–water partition coefficient (Wildman–Crippen LogP) is 2.99. The molecule has 3 rings (SSSR count). The van der Waals surface area contributed by atoms with E-state index in [1.165, 1.54) is 0 Å². The summed E-state index contributed by atoms with van der Waals surface area (Å²) in [7, 11) is 1.60. The topological polar surface area (TPSA) is 58.6 Å². The fourth-order valence-corrected chi connectivity index (χ4v) is 9.66. The summed E-state index contributed by atoms with van der Waals surface area (Å²) in [6, 6.07) is 19.0. The van der Waals surface area contributed by atoms with Crippen LogP contribution in [-0.4, -0.2) is 34.3 Å². The lowest BCUT2D eigenvalue weighted by Gasteiger charge is -2.43. The molecule has 3 aromatic rings. The molecule has 1 N–H and O–H groups in total. The fraction of sp³-hybridized carbons (Fsp3) is 0.300. The van der Waals surface area contributed by atoms with Gasteiger partial charge in [0.25, 0.3) is 0 Å². The molecule has 0 aliphatic heterocycles. The van der Waals surface area contributed by atoms with Crippen molar-refractivity contribution in [1.82, 2.24) is 15.4 Å². The zero-order chi connectivity index (χ0) is 19.7. The summed E-state index contributed by atoms with van der Waals surface area (Å²) in [6.45, 7) is 8.45. The van der Waals surface area contributed by atoms with Gasteiger partial charge in [0.15, 0.2) is 18.0 Å². The van der Waals surface area contributed by atoms with Crippen LogP contribution >= 0.6 is 14.3 Å². The third kappa shape index (κ3) is 3.32. The predicted molar refractivity (Wildman–Crippen MR) is 118 cm³/mol. The Morgan fingerprint density at radius 3 is 1.70 bits per heavy atom. The van der Waals surface area contributed by atoms with E-state index >= 15 is 0 Å². The Balaban J connectivity index is 2.32. The summed E-state index contributed by atoms with van der Waals surface area (Å²) in [6.07, 6.45) is 0. The first-order valence-corrected chi connectivity index (χ1v) is 12.8. The van der Waals surface area contributed by atoms with Crippen molar-refractivity contribution in [3.05, 3.63) is 60.7 Å². The zero-order valence-electron chi connectivity index (χ0n) is 16.2. The lowest BCUT2D eigenvalue weighted by Crippen LogP contribution is -2.40. The summed E-state index contributed by atoms with van der Waals surface area (Å²) < 4.78 is 14.6. The van der Waals surface area contributed by atoms with Crippen LogP contribution in [0.3, 0.4) is 0 Å². The molecule has 0 aliphatic carbocycles. The second-order valence-electron chi connectivity index (χ2n) is 7.27. The molecule has 0 amide bonds. The average Bonchev–Trinajstić information content (AvgIpc) is 3.18. The van der Waals surface area contributed by atoms with Crippen LogP contribution in [0, 0.1) is 0 Å². The Kier molecular flexibility index (Phi) is 5.75. The van der Waals surface area contributed by atoms with Gasteiger partial charge in [-0.15, -0.1) is 10.2 Å². The lowest BCUT2D eigenvalue weighted by molar-refractivity contribution is 0.592. The number of rotatable bonds is 6. The first-order chi connectivity index (χ1) is 12.8. The molecular weight excluding hydrogens is 371 g/mol. The van der Waals surface area contributed by atoms with Crippen LogP contribution < -0.4 is 21.5 Å². The van der Waals surface area contributed by atoms with Crippen LogP contribution in [0.4, 0.5) is 0 Å². The Morgan fingerprint density at radius 1 is 0.852 bits per heavy atom. The highest BCUT2D eigenvalue weighted by atomic mass is 31.2. The molecule has 4 nitrogen and oxygen atoms in total. The van der Waals surface area contributed by atoms with Crippen molar-refractivity contribution in [2.24, 2.45) is 0 Å². The number of hydrogen-bond donors (Lipinski definition) is 1. The SMILES string of the molecule is [B-][P+](c1n[nH]nc1P(=O)(c1ccccc1)c1ccccc1)(C(C)C)C(C)C. The molecule has 0 spiro atoms. The number of nitrogens with one attached hydrogen (secondary N) is 1. The van der Waals surface area contributed by atoms with Crippen molar-refractivity contribution in [1.29, 1.82) is 0 Å². The molecule has 3 radical (unpaired) electrons. The zero-order valence-corrected chi connectivity index (χ0v) is 18.0. The monoisotopic (exact) mass is 396 g/mol. The van der Waals surface area contributed by atoms with Crippen LogP contribution in [0.15, 0.2) is 60.7 Å². The third-order valence-electron chi connectivity index (χ3n) is 5.13. The summed E-state index contributed by atoms with van der Waals surface area (Å²) in [5.41, 5.74) is 1.62. The first kappa shape index (κ1) is 20.0. The van der Waals surface area contributed by atoms with E-state index < -0.39 is 14.3 Å². The minimum atomic E-state index is -3.20. The Bertz CT molecular complexity index is 891. The molecule has 0 aliphatic rings. The maximum Gasteiger partial charge on any atom is 0.195 e. The van der Waals surface area contributed by atoms with Gasteiger partial charge in [0, 0.05) is 21.9 Å². The summed E-state index contributed by atoms with van der Waals surface area (Å²) >= 11 is 0. The van der Waals surface area contributed by atoms with E-state index in [0.717, 1.165) is 10.6 Å². The van der Waals surface area contributed by atoms with Crippen LogP contribution in [0.25, 0.3) is 0 Å². The quantitative estimate of drug-likeness (QED) is 0.515. The van der Waals surface area contributed by atoms with Crippen LogP contribution in [0.2, 0.25) is 0 Å². The van der Waals surface area contributed by atoms with Gasteiger partial charge >= 0.3 is 0 Å². The smallest absolute Gasteiger partial charge is 0.195 e. The minimum Gasteiger partial charge on any atom is -0.307 e. The number of aromatic nitrogens is 3. The molecular formula is C20H25BN3OP2. The fourth-order valence-electron chi connectivity index (χ4n) is 3.45. The van der Waals surface area contributed by atoms with E-state index in [-0.39, 0.29) is 11.3 Å². The van der Waals surface area contributed by atoms with E-state index in [2.05, 4.69) is 43.1 Å². The number of nitrogens with zero attached hydrogens (tertiary/aromatic N) is 2. The summed E-state index contributed by atoms with van der Waals surface area (Å²) in [4.78, 5) is 0. The van der Waals surface area contributed by atoms with Gasteiger partial charge in [-0.1, -0.05) is 60.7 Å². The number of aromatic amines is 1. The Hall–Kier alpha value is -1.70. The Morgan fingerprint density at radius 2 is 1.30 bits per heavy atom. The highest BCUT2D eigenvalue weighted by Crippen LogP contribution is 2.61. The minimum absolute atomic E-state index is 0.210. The van der Waals surface area contributed by atoms with Crippen molar-refractivity contribution in [2.45, 2.75) is 39.0 Å². The molecule has 0 unspecified atom stereocenters. The number of benzene rings is 2. The molecule has 0 bridgehead atoms. The van der Waals surface area contributed by atoms with E-state index in [9.17, 15) is 4.57 Å². The van der Waals surface area contributed by atoms with Gasteiger partial charge in [-0.05, 0) is 27.7 Å². The Labute approximate surface area is 163 Å². The van der Waals surface area contributed by atoms with Gasteiger partial charge in [-0.3, -0.25) is 7.57 Å². The summed E-state index contributed by atoms with van der Waals surface area (Å²) in [5.74, 6) is 0. The van der Waals surface area contributed by atoms with Crippen molar-refractivity contribution in [3.63, 3.8) is 0 Å². The van der Waals surface area contributed by atoms with Gasteiger partial charge < -0.3 is 4.57 Å². The van der Waals surface area contributed by atoms with Crippen LogP contribution in [-0.2, 0) is 4.57 Å². The second kappa shape index (κ2) is 7.74. The maximum absolute atomic E-state index is 14.6. The third-order valence-corrected chi connectivity index (χ3v) is 12.7. The molecule has 139 valence electrons. The van der Waals surface area contributed by atoms with Gasteiger partial charge in [0.1, 0.15) is 0 Å². The molecule has 2 aromatic carbocycles. The molecule has 0 saturated carbocycles. The largest absolute Gasteiger partial charge is 0.307 e. The highest BCUT2D eigenvalue weighted by Gasteiger charge is 2.43. The second-order valence-corrected chi connectivity index (χ2v) is 14.1. The lowest BCUT2D eigenvalue weighted by atomic mass is 10.4. The maximum atomic E-state index is 14.6. The van der Waals surface area contributed by atoms with E-state index in [1.807, 2.05) is 60.7 Å². The van der Waals surface area contributed by atoms with Crippen LogP contribution in [0.1, 0.15) is 27.7 Å².